The maximum atomic E-state index is 13.7. The van der Waals surface area contributed by atoms with E-state index in [1.807, 2.05) is 23.1 Å². The van der Waals surface area contributed by atoms with Gasteiger partial charge in [-0.05, 0) is 116 Å². The molecule has 1 N–H and O–H groups in total. The van der Waals surface area contributed by atoms with Crippen LogP contribution in [0.5, 0.6) is 11.5 Å². The van der Waals surface area contributed by atoms with Crippen molar-refractivity contribution >= 4 is 34.9 Å². The van der Waals surface area contributed by atoms with Gasteiger partial charge in [0.05, 0.1) is 12.6 Å². The van der Waals surface area contributed by atoms with Gasteiger partial charge in [-0.2, -0.15) is 0 Å². The van der Waals surface area contributed by atoms with Crippen molar-refractivity contribution in [3.8, 4) is 11.5 Å². The number of rotatable bonds is 12. The van der Waals surface area contributed by atoms with Crippen molar-refractivity contribution in [2.75, 3.05) is 19.7 Å². The van der Waals surface area contributed by atoms with Crippen LogP contribution in [-0.4, -0.2) is 36.7 Å². The molecular formula is C35H42Cl2N2O3. The number of nitrogens with zero attached hydrogens (tertiary/aromatic N) is 1. The molecule has 0 spiro atoms. The molecule has 0 saturated carbocycles. The van der Waals surface area contributed by atoms with Crippen molar-refractivity contribution in [1.82, 2.24) is 10.2 Å². The fourth-order valence-electron chi connectivity index (χ4n) is 5.40. The number of amides is 1. The van der Waals surface area contributed by atoms with Gasteiger partial charge >= 0.3 is 6.09 Å². The predicted molar refractivity (Wildman–Crippen MR) is 174 cm³/mol. The van der Waals surface area contributed by atoms with Gasteiger partial charge in [0.1, 0.15) is 11.5 Å². The number of nitrogens with one attached hydrogen (secondary N) is 1. The fraction of sp³-hybridized carbons (Fsp3) is 0.400. The minimum Gasteiger partial charge on any atom is -0.494 e. The highest BCUT2D eigenvalue weighted by Gasteiger charge is 2.35. The molecule has 3 aromatic rings. The highest BCUT2D eigenvalue weighted by Crippen LogP contribution is 2.44. The van der Waals surface area contributed by atoms with E-state index in [1.54, 1.807) is 24.3 Å². The molecule has 1 aliphatic rings. The minimum atomic E-state index is -0.379. The highest BCUT2D eigenvalue weighted by molar-refractivity contribution is 6.31. The summed E-state index contributed by atoms with van der Waals surface area (Å²) in [5.41, 5.74) is 5.85. The average molecular weight is 610 g/mol. The van der Waals surface area contributed by atoms with Gasteiger partial charge < -0.3 is 14.8 Å². The van der Waals surface area contributed by atoms with E-state index in [0.29, 0.717) is 35.0 Å². The molecule has 3 aromatic carbocycles. The highest BCUT2D eigenvalue weighted by atomic mass is 35.5. The largest absolute Gasteiger partial charge is 0.494 e. The van der Waals surface area contributed by atoms with Crippen molar-refractivity contribution in [1.29, 1.82) is 0 Å². The van der Waals surface area contributed by atoms with Crippen LogP contribution >= 0.6 is 23.2 Å². The van der Waals surface area contributed by atoms with Crippen LogP contribution in [-0.2, 0) is 0 Å². The Kier molecular flexibility index (Phi) is 11.8. The van der Waals surface area contributed by atoms with Crippen LogP contribution in [0.4, 0.5) is 4.79 Å². The zero-order valence-electron chi connectivity index (χ0n) is 25.1. The Bertz CT molecular complexity index is 1350. The monoisotopic (exact) mass is 608 g/mol. The van der Waals surface area contributed by atoms with E-state index in [4.69, 9.17) is 32.7 Å². The molecule has 1 unspecified atom stereocenters. The smallest absolute Gasteiger partial charge is 0.416 e. The van der Waals surface area contributed by atoms with Crippen LogP contribution in [0.2, 0.25) is 10.0 Å². The van der Waals surface area contributed by atoms with Crippen LogP contribution in [0.1, 0.15) is 75.6 Å². The lowest BCUT2D eigenvalue weighted by Crippen LogP contribution is -2.41. The first-order valence-electron chi connectivity index (χ1n) is 15.0. The number of carbonyl (C=O) groups is 1. The Morgan fingerprint density at radius 1 is 0.976 bits per heavy atom. The van der Waals surface area contributed by atoms with E-state index in [-0.39, 0.29) is 12.1 Å². The van der Waals surface area contributed by atoms with Crippen LogP contribution in [0, 0.1) is 6.92 Å². The first-order valence-corrected chi connectivity index (χ1v) is 15.7. The maximum Gasteiger partial charge on any atom is 0.416 e. The molecule has 0 aliphatic carbocycles. The lowest BCUT2D eigenvalue weighted by atomic mass is 9.81. The minimum absolute atomic E-state index is 0.275. The SMILES string of the molecule is CCCCC1=C(c2cc(Cl)ccc2C)CCN(C(=O)Oc2ccc(Cl)cc2)C1c1ccc(OCCCNC(C)C)cc1. The molecule has 4 rings (SSSR count). The van der Waals surface area contributed by atoms with Gasteiger partial charge in [-0.3, -0.25) is 4.90 Å². The standard InChI is InChI=1S/C35H42Cl2N2O3/c1-5-6-8-32-31(33-23-28(37)12-9-25(33)4)19-21-39(35(40)42-30-17-13-27(36)14-18-30)34(32)26-10-15-29(16-11-26)41-22-7-20-38-24(2)3/h9-18,23-24,34,38H,5-8,19-22H2,1-4H3. The van der Waals surface area contributed by atoms with Gasteiger partial charge in [0.15, 0.2) is 0 Å². The summed E-state index contributed by atoms with van der Waals surface area (Å²) in [6.45, 7) is 10.7. The van der Waals surface area contributed by atoms with Gasteiger partial charge in [0, 0.05) is 22.6 Å². The third kappa shape index (κ3) is 8.53. The summed E-state index contributed by atoms with van der Waals surface area (Å²) in [5.74, 6) is 1.29. The van der Waals surface area contributed by atoms with Crippen molar-refractivity contribution < 1.29 is 14.3 Å². The predicted octanol–water partition coefficient (Wildman–Crippen LogP) is 9.66. The van der Waals surface area contributed by atoms with Crippen molar-refractivity contribution in [3.05, 3.63) is 99.0 Å². The summed E-state index contributed by atoms with van der Waals surface area (Å²) in [6, 6.07) is 21.3. The lowest BCUT2D eigenvalue weighted by Gasteiger charge is -2.39. The molecule has 1 amide bonds. The molecule has 224 valence electrons. The number of hydrogen-bond acceptors (Lipinski definition) is 4. The molecule has 42 heavy (non-hydrogen) atoms. The molecule has 0 bridgehead atoms. The van der Waals surface area contributed by atoms with Gasteiger partial charge in [0.2, 0.25) is 0 Å². The summed E-state index contributed by atoms with van der Waals surface area (Å²) < 4.78 is 11.9. The van der Waals surface area contributed by atoms with Crippen LogP contribution < -0.4 is 14.8 Å². The number of halogens is 2. The second-order valence-corrected chi connectivity index (χ2v) is 12.0. The summed E-state index contributed by atoms with van der Waals surface area (Å²) in [5, 5.41) is 4.72. The van der Waals surface area contributed by atoms with Crippen molar-refractivity contribution in [2.24, 2.45) is 0 Å². The molecule has 1 aliphatic heterocycles. The van der Waals surface area contributed by atoms with Gasteiger partial charge in [0.25, 0.3) is 0 Å². The van der Waals surface area contributed by atoms with E-state index >= 15 is 0 Å². The second kappa shape index (κ2) is 15.5. The molecular weight excluding hydrogens is 567 g/mol. The quantitative estimate of drug-likeness (QED) is 0.208. The first-order chi connectivity index (χ1) is 20.3. The topological polar surface area (TPSA) is 50.8 Å². The average Bonchev–Trinajstić information content (AvgIpc) is 2.98. The third-order valence-electron chi connectivity index (χ3n) is 7.55. The summed E-state index contributed by atoms with van der Waals surface area (Å²) >= 11 is 12.5. The molecule has 0 fully saturated rings. The Morgan fingerprint density at radius 3 is 2.36 bits per heavy atom. The zero-order chi connectivity index (χ0) is 30.1. The van der Waals surface area contributed by atoms with E-state index in [9.17, 15) is 4.79 Å². The van der Waals surface area contributed by atoms with Crippen LogP contribution in [0.25, 0.3) is 5.57 Å². The number of hydrogen-bond donors (Lipinski definition) is 1. The lowest BCUT2D eigenvalue weighted by molar-refractivity contribution is 0.136. The van der Waals surface area contributed by atoms with Crippen molar-refractivity contribution in [3.63, 3.8) is 0 Å². The van der Waals surface area contributed by atoms with Crippen LogP contribution in [0.15, 0.2) is 72.3 Å². The summed E-state index contributed by atoms with van der Waals surface area (Å²) in [4.78, 5) is 15.6. The molecule has 0 radical (unpaired) electrons. The molecule has 1 heterocycles. The van der Waals surface area contributed by atoms with E-state index < -0.39 is 0 Å². The van der Waals surface area contributed by atoms with E-state index in [0.717, 1.165) is 55.5 Å². The molecule has 5 nitrogen and oxygen atoms in total. The Hall–Kier alpha value is -2.99. The molecule has 1 atom stereocenters. The number of carbonyl (C=O) groups excluding carboxylic acids is 1. The Labute approximate surface area is 260 Å². The summed E-state index contributed by atoms with van der Waals surface area (Å²) in [6.07, 6.45) is 4.20. The molecule has 0 saturated heterocycles. The zero-order valence-corrected chi connectivity index (χ0v) is 26.6. The molecule has 7 heteroatoms. The van der Waals surface area contributed by atoms with E-state index in [2.05, 4.69) is 57.3 Å². The number of unbranched alkanes of at least 4 members (excludes halogenated alkanes) is 1. The van der Waals surface area contributed by atoms with Crippen LogP contribution in [0.3, 0.4) is 0 Å². The van der Waals surface area contributed by atoms with E-state index in [1.165, 1.54) is 16.7 Å². The molecule has 0 aromatic heterocycles. The second-order valence-electron chi connectivity index (χ2n) is 11.1. The maximum absolute atomic E-state index is 13.7. The van der Waals surface area contributed by atoms with Gasteiger partial charge in [-0.25, -0.2) is 4.79 Å². The fourth-order valence-corrected chi connectivity index (χ4v) is 5.69. The normalized spacial score (nSPS) is 15.3. The van der Waals surface area contributed by atoms with Gasteiger partial charge in [-0.15, -0.1) is 0 Å². The first kappa shape index (κ1) is 31.9. The number of benzene rings is 3. The Morgan fingerprint density at radius 2 is 1.67 bits per heavy atom. The Balaban J connectivity index is 1.68. The van der Waals surface area contributed by atoms with Gasteiger partial charge in [-0.1, -0.05) is 68.6 Å². The number of aryl methyl sites for hydroxylation is 1. The summed E-state index contributed by atoms with van der Waals surface area (Å²) in [7, 11) is 0. The third-order valence-corrected chi connectivity index (χ3v) is 8.04. The number of ether oxygens (including phenoxy) is 2. The van der Waals surface area contributed by atoms with Crippen molar-refractivity contribution in [2.45, 2.75) is 71.9 Å².